The minimum absolute atomic E-state index is 0.409. The van der Waals surface area contributed by atoms with Gasteiger partial charge in [0.15, 0.2) is 11.5 Å². The third-order valence-electron chi connectivity index (χ3n) is 5.39. The molecule has 0 amide bonds. The van der Waals surface area contributed by atoms with Crippen LogP contribution in [0.15, 0.2) is 67.1 Å². The summed E-state index contributed by atoms with van der Waals surface area (Å²) >= 11 is 0. The molecule has 0 spiro atoms. The van der Waals surface area contributed by atoms with Gasteiger partial charge in [0.25, 0.3) is 0 Å². The molecule has 1 aromatic carbocycles. The number of nitrogens with zero attached hydrogens (tertiary/aromatic N) is 5. The Bertz CT molecular complexity index is 1620. The van der Waals surface area contributed by atoms with E-state index in [9.17, 15) is 4.39 Å². The van der Waals surface area contributed by atoms with E-state index in [0.717, 1.165) is 22.2 Å². The Kier molecular flexibility index (Phi) is 4.32. The van der Waals surface area contributed by atoms with E-state index in [-0.39, 0.29) is 0 Å². The van der Waals surface area contributed by atoms with Crippen molar-refractivity contribution in [2.24, 2.45) is 0 Å². The molecule has 2 N–H and O–H groups in total. The monoisotopic (exact) mass is 437 g/mol. The van der Waals surface area contributed by atoms with Gasteiger partial charge in [0.05, 0.1) is 29.4 Å². The Balaban J connectivity index is 1.50. The Morgan fingerprint density at radius 1 is 0.939 bits per heavy atom. The van der Waals surface area contributed by atoms with E-state index in [1.807, 2.05) is 30.3 Å². The molecule has 0 bridgehead atoms. The Morgan fingerprint density at radius 3 is 2.73 bits per heavy atom. The molecule has 0 aliphatic carbocycles. The fourth-order valence-electron chi connectivity index (χ4n) is 3.84. The molecule has 0 aliphatic rings. The zero-order valence-electron chi connectivity index (χ0n) is 17.4. The Hall–Kier alpha value is -4.66. The predicted octanol–water partition coefficient (Wildman–Crippen LogP) is 4.77. The second-order valence-corrected chi connectivity index (χ2v) is 7.43. The van der Waals surface area contributed by atoms with Crippen molar-refractivity contribution < 1.29 is 9.13 Å². The van der Waals surface area contributed by atoms with Crippen molar-refractivity contribution in [1.29, 1.82) is 0 Å². The molecule has 0 fully saturated rings. The van der Waals surface area contributed by atoms with Gasteiger partial charge in [-0.05, 0) is 36.4 Å². The number of hydrogen-bond acceptors (Lipinski definition) is 6. The summed E-state index contributed by atoms with van der Waals surface area (Å²) < 4.78 is 19.3. The molecule has 0 saturated carbocycles. The second kappa shape index (κ2) is 7.49. The summed E-state index contributed by atoms with van der Waals surface area (Å²) in [5, 5.41) is 8.15. The van der Waals surface area contributed by atoms with E-state index < -0.39 is 5.82 Å². The van der Waals surface area contributed by atoms with Crippen LogP contribution in [0.25, 0.3) is 56.1 Å². The summed E-state index contributed by atoms with van der Waals surface area (Å²) in [6, 6.07) is 14.0. The molecule has 8 nitrogen and oxygen atoms in total. The first-order valence-electron chi connectivity index (χ1n) is 10.1. The smallest absolute Gasteiger partial charge is 0.181 e. The lowest BCUT2D eigenvalue weighted by atomic mass is 10.1. The number of ether oxygens (including phenoxy) is 1. The van der Waals surface area contributed by atoms with E-state index >= 15 is 0 Å². The topological polar surface area (TPSA) is 105 Å². The van der Waals surface area contributed by atoms with Crippen LogP contribution in [0.4, 0.5) is 4.39 Å². The number of aromatic amines is 2. The number of hydrogen-bond donors (Lipinski definition) is 2. The van der Waals surface area contributed by atoms with Gasteiger partial charge < -0.3 is 9.72 Å². The molecular weight excluding hydrogens is 421 g/mol. The second-order valence-electron chi connectivity index (χ2n) is 7.43. The maximum Gasteiger partial charge on any atom is 0.181 e. The number of H-pyrrole nitrogens is 2. The van der Waals surface area contributed by atoms with Crippen molar-refractivity contribution in [3.05, 3.63) is 72.9 Å². The van der Waals surface area contributed by atoms with E-state index in [2.05, 4.69) is 30.1 Å². The van der Waals surface area contributed by atoms with Gasteiger partial charge in [0.2, 0.25) is 0 Å². The average Bonchev–Trinajstić information content (AvgIpc) is 3.47. The molecule has 33 heavy (non-hydrogen) atoms. The molecule has 5 aromatic heterocycles. The number of fused-ring (bicyclic) bond motifs is 2. The molecular formula is C24H16FN7O. The number of methoxy groups -OCH3 is 1. The van der Waals surface area contributed by atoms with E-state index in [0.29, 0.717) is 39.7 Å². The third kappa shape index (κ3) is 3.26. The zero-order valence-corrected chi connectivity index (χ0v) is 17.4. The third-order valence-corrected chi connectivity index (χ3v) is 5.39. The van der Waals surface area contributed by atoms with E-state index in [1.54, 1.807) is 24.7 Å². The number of rotatable bonds is 4. The summed E-state index contributed by atoms with van der Waals surface area (Å²) in [4.78, 5) is 21.4. The fraction of sp³-hybridized carbons (Fsp3) is 0.0417. The van der Waals surface area contributed by atoms with Crippen LogP contribution in [0.3, 0.4) is 0 Å². The largest absolute Gasteiger partial charge is 0.497 e. The molecule has 0 radical (unpaired) electrons. The van der Waals surface area contributed by atoms with Crippen molar-refractivity contribution in [2.75, 3.05) is 7.11 Å². The highest BCUT2D eigenvalue weighted by molar-refractivity contribution is 5.96. The summed E-state index contributed by atoms with van der Waals surface area (Å²) in [6.07, 6.45) is 5.14. The van der Waals surface area contributed by atoms with Crippen LogP contribution in [0, 0.1) is 5.82 Å². The normalized spacial score (nSPS) is 11.3. The first-order chi connectivity index (χ1) is 16.2. The molecule has 0 aliphatic heterocycles. The average molecular weight is 437 g/mol. The zero-order chi connectivity index (χ0) is 22.4. The quantitative estimate of drug-likeness (QED) is 0.411. The van der Waals surface area contributed by atoms with Gasteiger partial charge in [-0.2, -0.15) is 5.10 Å². The van der Waals surface area contributed by atoms with Gasteiger partial charge in [0.1, 0.15) is 22.8 Å². The highest BCUT2D eigenvalue weighted by atomic mass is 19.1. The van der Waals surface area contributed by atoms with Gasteiger partial charge >= 0.3 is 0 Å². The fourth-order valence-corrected chi connectivity index (χ4v) is 3.84. The first-order valence-corrected chi connectivity index (χ1v) is 10.1. The lowest BCUT2D eigenvalue weighted by Gasteiger charge is -2.05. The lowest BCUT2D eigenvalue weighted by Crippen LogP contribution is -1.90. The first kappa shape index (κ1) is 19.1. The van der Waals surface area contributed by atoms with Crippen molar-refractivity contribution in [2.45, 2.75) is 0 Å². The Labute approximate surface area is 186 Å². The number of nitrogens with one attached hydrogen (secondary N) is 2. The molecule has 0 atom stereocenters. The van der Waals surface area contributed by atoms with Crippen LogP contribution >= 0.6 is 0 Å². The molecule has 6 rings (SSSR count). The van der Waals surface area contributed by atoms with Crippen LogP contribution in [-0.4, -0.2) is 42.2 Å². The van der Waals surface area contributed by atoms with Crippen LogP contribution in [0.1, 0.15) is 0 Å². The highest BCUT2D eigenvalue weighted by Crippen LogP contribution is 2.32. The van der Waals surface area contributed by atoms with Gasteiger partial charge in [0, 0.05) is 35.8 Å². The number of imidazole rings is 1. The van der Waals surface area contributed by atoms with Crippen molar-refractivity contribution in [3.63, 3.8) is 0 Å². The van der Waals surface area contributed by atoms with Crippen molar-refractivity contribution >= 4 is 22.1 Å². The standard InChI is InChI=1S/C24H16FN7O/c1-33-16-9-13(8-15(25)11-16)20-22-19(5-7-27-20)29-24(30-22)21-17-10-14(12-28-23(17)32-31-21)18-4-2-3-6-26-18/h2-12H,1H3,(H,29,30)(H,28,31,32). The maximum atomic E-state index is 14.1. The predicted molar refractivity (Wildman–Crippen MR) is 122 cm³/mol. The van der Waals surface area contributed by atoms with Crippen LogP contribution in [0.5, 0.6) is 5.75 Å². The minimum Gasteiger partial charge on any atom is -0.497 e. The molecule has 160 valence electrons. The van der Waals surface area contributed by atoms with Crippen LogP contribution in [-0.2, 0) is 0 Å². The number of benzene rings is 1. The van der Waals surface area contributed by atoms with Gasteiger partial charge in [-0.15, -0.1) is 0 Å². The minimum atomic E-state index is -0.411. The van der Waals surface area contributed by atoms with E-state index in [4.69, 9.17) is 9.72 Å². The lowest BCUT2D eigenvalue weighted by molar-refractivity contribution is 0.411. The highest BCUT2D eigenvalue weighted by Gasteiger charge is 2.17. The number of pyridine rings is 3. The SMILES string of the molecule is COc1cc(F)cc(-c2nccc3[nH]c(-c4[nH]nc5ncc(-c6ccccn6)cc45)nc23)c1. The molecule has 0 unspecified atom stereocenters. The van der Waals surface area contributed by atoms with Crippen LogP contribution < -0.4 is 4.74 Å². The molecule has 0 saturated heterocycles. The molecule has 9 heteroatoms. The summed E-state index contributed by atoms with van der Waals surface area (Å²) in [5.74, 6) is 0.573. The summed E-state index contributed by atoms with van der Waals surface area (Å²) in [7, 11) is 1.50. The number of halogens is 1. The molecule has 6 aromatic rings. The number of aromatic nitrogens is 7. The summed E-state index contributed by atoms with van der Waals surface area (Å²) in [6.45, 7) is 0. The van der Waals surface area contributed by atoms with E-state index in [1.165, 1.54) is 19.2 Å². The van der Waals surface area contributed by atoms with Gasteiger partial charge in [-0.25, -0.2) is 14.4 Å². The van der Waals surface area contributed by atoms with Crippen molar-refractivity contribution in [1.82, 2.24) is 35.1 Å². The Morgan fingerprint density at radius 2 is 1.88 bits per heavy atom. The molecule has 5 heterocycles. The van der Waals surface area contributed by atoms with Gasteiger partial charge in [-0.3, -0.25) is 15.1 Å². The van der Waals surface area contributed by atoms with Crippen molar-refractivity contribution in [3.8, 4) is 39.8 Å². The van der Waals surface area contributed by atoms with Gasteiger partial charge in [-0.1, -0.05) is 6.07 Å². The summed E-state index contributed by atoms with van der Waals surface area (Å²) in [5.41, 5.74) is 5.43. The maximum absolute atomic E-state index is 14.1. The van der Waals surface area contributed by atoms with Crippen LogP contribution in [0.2, 0.25) is 0 Å².